The average Bonchev–Trinajstić information content (AvgIpc) is 2.35. The van der Waals surface area contributed by atoms with Gasteiger partial charge in [0.05, 0.1) is 0 Å². The number of carbonyl (C=O) groups is 3. The molecule has 0 spiro atoms. The first-order valence-corrected chi connectivity index (χ1v) is 7.18. The number of carbonyl (C=O) groups excluding carboxylic acids is 2. The highest BCUT2D eigenvalue weighted by molar-refractivity contribution is 6.20. The van der Waals surface area contributed by atoms with Crippen LogP contribution in [0.4, 0.5) is 14.0 Å². The van der Waals surface area contributed by atoms with E-state index in [0.717, 1.165) is 39.0 Å². The lowest BCUT2D eigenvalue weighted by atomic mass is 9.89. The summed E-state index contributed by atoms with van der Waals surface area (Å²) in [5, 5.41) is 7.42. The maximum atomic E-state index is 12.8. The second-order valence-electron chi connectivity index (χ2n) is 4.81. The maximum absolute atomic E-state index is 12.8. The zero-order valence-electron chi connectivity index (χ0n) is 12.2. The molecular formula is C13H21ClFNO5. The Morgan fingerprint density at radius 1 is 1.33 bits per heavy atom. The fourth-order valence-electron chi connectivity index (χ4n) is 2.05. The molecule has 122 valence electrons. The third-order valence-electron chi connectivity index (χ3n) is 2.86. The summed E-state index contributed by atoms with van der Waals surface area (Å²) in [6.07, 6.45) is 2.30. The van der Waals surface area contributed by atoms with E-state index >= 15 is 0 Å². The molecule has 0 aliphatic heterocycles. The van der Waals surface area contributed by atoms with Gasteiger partial charge in [0.1, 0.15) is 0 Å². The molecule has 1 aliphatic rings. The summed E-state index contributed by atoms with van der Waals surface area (Å²) in [7, 11) is 0. The summed E-state index contributed by atoms with van der Waals surface area (Å²) in [5.74, 6) is -0.665. The Balaban J connectivity index is 0.000000885. The second kappa shape index (κ2) is 10.4. The van der Waals surface area contributed by atoms with Crippen molar-refractivity contribution in [1.82, 2.24) is 4.90 Å². The summed E-state index contributed by atoms with van der Waals surface area (Å²) >= 11 is 5.46. The van der Waals surface area contributed by atoms with Crippen molar-refractivity contribution in [2.75, 3.05) is 6.54 Å². The lowest BCUT2D eigenvalue weighted by Crippen LogP contribution is -2.39. The van der Waals surface area contributed by atoms with Gasteiger partial charge in [-0.05, 0) is 25.7 Å². The van der Waals surface area contributed by atoms with Crippen molar-refractivity contribution < 1.29 is 28.6 Å². The highest BCUT2D eigenvalue weighted by atomic mass is 35.5. The number of alkyl halides is 1. The number of nitrogens with zero attached hydrogens (tertiary/aromatic N) is 1. The molecule has 0 bridgehead atoms. The Morgan fingerprint density at radius 3 is 2.19 bits per heavy atom. The van der Waals surface area contributed by atoms with E-state index in [2.05, 4.69) is 4.74 Å². The van der Waals surface area contributed by atoms with Gasteiger partial charge in [-0.15, -0.1) is 4.39 Å². The Morgan fingerprint density at radius 2 is 1.81 bits per heavy atom. The van der Waals surface area contributed by atoms with E-state index in [1.165, 1.54) is 6.92 Å². The van der Waals surface area contributed by atoms with Gasteiger partial charge in [0.2, 0.25) is 0 Å². The summed E-state index contributed by atoms with van der Waals surface area (Å²) in [6, 6.07) is 0. The van der Waals surface area contributed by atoms with Gasteiger partial charge in [-0.1, -0.05) is 30.9 Å². The zero-order chi connectivity index (χ0) is 16.4. The van der Waals surface area contributed by atoms with E-state index in [1.807, 2.05) is 0 Å². The molecule has 1 aliphatic carbocycles. The highest BCUT2D eigenvalue weighted by Crippen LogP contribution is 2.25. The predicted molar refractivity (Wildman–Crippen MR) is 74.9 cm³/mol. The molecule has 0 aromatic heterocycles. The monoisotopic (exact) mass is 325 g/mol. The molecule has 1 rings (SSSR count). The number of hydrogen-bond acceptors (Lipinski definition) is 4. The molecule has 21 heavy (non-hydrogen) atoms. The smallest absolute Gasteiger partial charge is 0.420 e. The van der Waals surface area contributed by atoms with E-state index < -0.39 is 23.8 Å². The molecule has 0 aromatic carbocycles. The molecular weight excluding hydrogens is 305 g/mol. The molecule has 0 radical (unpaired) electrons. The van der Waals surface area contributed by atoms with Gasteiger partial charge in [-0.25, -0.2) is 14.5 Å². The standard InChI is InChI=1S/C11H17ClFNO3.C2H4O2/c1-8(12)17-11(16)14(10(13)15)7-9-5-3-2-4-6-9;1-2(3)4/h8-9H,2-7H2,1H3;1H3,(H,3,4). The van der Waals surface area contributed by atoms with Crippen LogP contribution in [-0.2, 0) is 9.53 Å². The van der Waals surface area contributed by atoms with Crippen LogP contribution in [0.5, 0.6) is 0 Å². The minimum Gasteiger partial charge on any atom is -0.481 e. The van der Waals surface area contributed by atoms with E-state index in [-0.39, 0.29) is 12.5 Å². The van der Waals surface area contributed by atoms with Crippen LogP contribution in [0, 0.1) is 5.92 Å². The van der Waals surface area contributed by atoms with E-state index in [1.54, 1.807) is 0 Å². The van der Waals surface area contributed by atoms with Gasteiger partial charge in [0.25, 0.3) is 5.97 Å². The van der Waals surface area contributed by atoms with Gasteiger partial charge in [0, 0.05) is 13.5 Å². The molecule has 2 amide bonds. The Hall–Kier alpha value is -1.37. The molecule has 1 saturated carbocycles. The fourth-order valence-corrected chi connectivity index (χ4v) is 2.12. The van der Waals surface area contributed by atoms with E-state index in [0.29, 0.717) is 4.90 Å². The lowest BCUT2D eigenvalue weighted by Gasteiger charge is -2.26. The second-order valence-corrected chi connectivity index (χ2v) is 5.43. The van der Waals surface area contributed by atoms with Crippen LogP contribution in [-0.4, -0.2) is 40.3 Å². The molecule has 0 saturated heterocycles. The number of imide groups is 1. The first kappa shape index (κ1) is 19.6. The van der Waals surface area contributed by atoms with Crippen molar-refractivity contribution >= 4 is 29.8 Å². The number of carboxylic acids is 1. The van der Waals surface area contributed by atoms with Crippen LogP contribution >= 0.6 is 11.6 Å². The van der Waals surface area contributed by atoms with Gasteiger partial charge in [0.15, 0.2) is 5.56 Å². The topological polar surface area (TPSA) is 83.9 Å². The van der Waals surface area contributed by atoms with Crippen LogP contribution in [0.25, 0.3) is 0 Å². The first-order chi connectivity index (χ1) is 9.73. The fraction of sp³-hybridized carbons (Fsp3) is 0.769. The summed E-state index contributed by atoms with van der Waals surface area (Å²) in [4.78, 5) is 31.7. The number of amides is 2. The van der Waals surface area contributed by atoms with Crippen molar-refractivity contribution in [1.29, 1.82) is 0 Å². The van der Waals surface area contributed by atoms with Crippen LogP contribution in [0.1, 0.15) is 46.0 Å². The number of halogens is 2. The van der Waals surface area contributed by atoms with Crippen molar-refractivity contribution in [2.45, 2.75) is 51.5 Å². The van der Waals surface area contributed by atoms with Gasteiger partial charge in [-0.2, -0.15) is 0 Å². The minimum atomic E-state index is -1.78. The highest BCUT2D eigenvalue weighted by Gasteiger charge is 2.28. The molecule has 1 fully saturated rings. The zero-order valence-corrected chi connectivity index (χ0v) is 12.9. The Kier molecular flexibility index (Phi) is 9.69. The van der Waals surface area contributed by atoms with Crippen LogP contribution in [0.15, 0.2) is 0 Å². The van der Waals surface area contributed by atoms with Crippen LogP contribution in [0.2, 0.25) is 0 Å². The number of ether oxygens (including phenoxy) is 1. The Bertz CT molecular complexity index is 354. The number of aliphatic carboxylic acids is 1. The van der Waals surface area contributed by atoms with Crippen molar-refractivity contribution in [3.8, 4) is 0 Å². The van der Waals surface area contributed by atoms with E-state index in [4.69, 9.17) is 21.5 Å². The molecule has 0 heterocycles. The van der Waals surface area contributed by atoms with Crippen molar-refractivity contribution in [3.63, 3.8) is 0 Å². The van der Waals surface area contributed by atoms with Crippen LogP contribution in [0.3, 0.4) is 0 Å². The summed E-state index contributed by atoms with van der Waals surface area (Å²) in [6.45, 7) is 2.60. The van der Waals surface area contributed by atoms with Crippen molar-refractivity contribution in [2.24, 2.45) is 5.92 Å². The third kappa shape index (κ3) is 10.1. The quantitative estimate of drug-likeness (QED) is 0.485. The van der Waals surface area contributed by atoms with Crippen molar-refractivity contribution in [3.05, 3.63) is 0 Å². The molecule has 1 atom stereocenters. The normalized spacial score (nSPS) is 16.2. The summed E-state index contributed by atoms with van der Waals surface area (Å²) in [5.41, 5.74) is -0.879. The average molecular weight is 326 g/mol. The molecule has 1 N–H and O–H groups in total. The number of hydrogen-bond donors (Lipinski definition) is 1. The predicted octanol–water partition coefficient (Wildman–Crippen LogP) is 3.77. The Labute approximate surface area is 128 Å². The van der Waals surface area contributed by atoms with Gasteiger partial charge in [-0.3, -0.25) is 4.79 Å². The van der Waals surface area contributed by atoms with Crippen LogP contribution < -0.4 is 0 Å². The number of rotatable bonds is 3. The SMILES string of the molecule is CC(=O)O.CC(Cl)OC(=O)N(CC1CCCCC1)C(=O)F. The molecule has 6 nitrogen and oxygen atoms in total. The lowest BCUT2D eigenvalue weighted by molar-refractivity contribution is -0.134. The third-order valence-corrected chi connectivity index (χ3v) is 2.95. The molecule has 8 heteroatoms. The first-order valence-electron chi connectivity index (χ1n) is 6.75. The van der Waals surface area contributed by atoms with Gasteiger partial charge < -0.3 is 9.84 Å². The summed E-state index contributed by atoms with van der Waals surface area (Å²) < 4.78 is 17.4. The molecule has 1 unspecified atom stereocenters. The minimum absolute atomic E-state index is 0.0811. The van der Waals surface area contributed by atoms with E-state index in [9.17, 15) is 14.0 Å². The maximum Gasteiger partial charge on any atom is 0.420 e. The number of carboxylic acid groups (broad SMARTS) is 1. The largest absolute Gasteiger partial charge is 0.481 e. The van der Waals surface area contributed by atoms with Gasteiger partial charge >= 0.3 is 12.3 Å². The molecule has 0 aromatic rings.